The van der Waals surface area contributed by atoms with Crippen LogP contribution in [0, 0.1) is 0 Å². The predicted octanol–water partition coefficient (Wildman–Crippen LogP) is 2.15. The summed E-state index contributed by atoms with van der Waals surface area (Å²) < 4.78 is 5.62. The van der Waals surface area contributed by atoms with Gasteiger partial charge < -0.3 is 14.3 Å². The van der Waals surface area contributed by atoms with Gasteiger partial charge in [0.05, 0.1) is 5.41 Å². The minimum absolute atomic E-state index is 0.121. The molecule has 2 fully saturated rings. The second-order valence-corrected chi connectivity index (χ2v) is 6.91. The second-order valence-electron chi connectivity index (χ2n) is 6.91. The Kier molecular flexibility index (Phi) is 3.27. The van der Waals surface area contributed by atoms with Gasteiger partial charge in [-0.25, -0.2) is 0 Å². The molecule has 0 radical (unpaired) electrons. The van der Waals surface area contributed by atoms with Crippen LogP contribution in [0.15, 0.2) is 28.8 Å². The minimum Gasteiger partial charge on any atom is -0.338 e. The lowest BCUT2D eigenvalue weighted by Gasteiger charge is -2.19. The van der Waals surface area contributed by atoms with Crippen LogP contribution in [0.4, 0.5) is 0 Å². The molecular weight excluding hydrogens is 276 g/mol. The summed E-state index contributed by atoms with van der Waals surface area (Å²) in [5.41, 5.74) is 2.44. The summed E-state index contributed by atoms with van der Waals surface area (Å²) in [6.07, 6.45) is 2.30. The Morgan fingerprint density at radius 2 is 1.91 bits per heavy atom. The van der Waals surface area contributed by atoms with Gasteiger partial charge >= 0.3 is 0 Å². The van der Waals surface area contributed by atoms with Gasteiger partial charge in [-0.05, 0) is 45.6 Å². The summed E-state index contributed by atoms with van der Waals surface area (Å²) in [7, 11) is 4.15. The Balaban J connectivity index is 1.56. The molecular formula is C17H22N4O. The topological polar surface area (TPSA) is 45.4 Å². The Hall–Kier alpha value is -1.72. The molecule has 0 spiro atoms. The van der Waals surface area contributed by atoms with E-state index in [2.05, 4.69) is 53.3 Å². The molecule has 116 valence electrons. The number of aromatic nitrogens is 2. The van der Waals surface area contributed by atoms with Gasteiger partial charge in [0.2, 0.25) is 11.7 Å². The number of fused-ring (bicyclic) bond motifs is 2. The van der Waals surface area contributed by atoms with Gasteiger partial charge in [0.25, 0.3) is 0 Å². The van der Waals surface area contributed by atoms with E-state index in [0.717, 1.165) is 50.5 Å². The lowest BCUT2D eigenvalue weighted by molar-refractivity contribution is 0.292. The predicted molar refractivity (Wildman–Crippen MR) is 84.5 cm³/mol. The van der Waals surface area contributed by atoms with Crippen molar-refractivity contribution >= 4 is 0 Å². The number of hydrogen-bond donors (Lipinski definition) is 0. The maximum Gasteiger partial charge on any atom is 0.234 e. The van der Waals surface area contributed by atoms with Crippen LogP contribution >= 0.6 is 0 Å². The smallest absolute Gasteiger partial charge is 0.234 e. The number of nitrogens with zero attached hydrogens (tertiary/aromatic N) is 4. The number of piperidine rings is 1. The zero-order valence-corrected chi connectivity index (χ0v) is 13.2. The lowest BCUT2D eigenvalue weighted by Crippen LogP contribution is -2.24. The zero-order valence-electron chi connectivity index (χ0n) is 13.2. The molecule has 0 aliphatic carbocycles. The van der Waals surface area contributed by atoms with Crippen molar-refractivity contribution in [2.75, 3.05) is 33.7 Å². The quantitative estimate of drug-likeness (QED) is 0.865. The average molecular weight is 298 g/mol. The first-order valence-corrected chi connectivity index (χ1v) is 7.95. The van der Waals surface area contributed by atoms with Gasteiger partial charge in [0.1, 0.15) is 0 Å². The third kappa shape index (κ3) is 2.34. The summed E-state index contributed by atoms with van der Waals surface area (Å²) in [6.45, 7) is 4.35. The molecule has 2 aliphatic rings. The van der Waals surface area contributed by atoms with E-state index >= 15 is 0 Å². The van der Waals surface area contributed by atoms with E-state index in [-0.39, 0.29) is 5.41 Å². The van der Waals surface area contributed by atoms with E-state index in [9.17, 15) is 0 Å². The molecule has 3 heterocycles. The molecule has 0 N–H and O–H groups in total. The first kappa shape index (κ1) is 13.9. The van der Waals surface area contributed by atoms with Gasteiger partial charge in [0.15, 0.2) is 0 Å². The lowest BCUT2D eigenvalue weighted by atomic mass is 9.84. The summed E-state index contributed by atoms with van der Waals surface area (Å²) in [6, 6.07) is 8.44. The third-order valence-electron chi connectivity index (χ3n) is 4.93. The fourth-order valence-corrected chi connectivity index (χ4v) is 3.69. The number of benzene rings is 1. The molecule has 1 aromatic carbocycles. The summed E-state index contributed by atoms with van der Waals surface area (Å²) >= 11 is 0. The molecule has 0 atom stereocenters. The minimum atomic E-state index is 0.121. The van der Waals surface area contributed by atoms with Gasteiger partial charge in [-0.2, -0.15) is 4.98 Å². The molecule has 22 heavy (non-hydrogen) atoms. The normalized spacial score (nSPS) is 27.0. The summed E-state index contributed by atoms with van der Waals surface area (Å²) in [5, 5.41) is 4.22. The van der Waals surface area contributed by atoms with E-state index in [1.807, 2.05) is 0 Å². The van der Waals surface area contributed by atoms with Gasteiger partial charge in [-0.1, -0.05) is 29.4 Å². The van der Waals surface area contributed by atoms with Crippen LogP contribution in [0.25, 0.3) is 11.4 Å². The van der Waals surface area contributed by atoms with Crippen molar-refractivity contribution in [3.05, 3.63) is 35.7 Å². The van der Waals surface area contributed by atoms with Crippen molar-refractivity contribution in [2.24, 2.45) is 0 Å². The molecule has 5 heteroatoms. The molecule has 1 aromatic heterocycles. The molecule has 0 unspecified atom stereocenters. The van der Waals surface area contributed by atoms with Crippen LogP contribution in [0.5, 0.6) is 0 Å². The highest BCUT2D eigenvalue weighted by Crippen LogP contribution is 2.42. The van der Waals surface area contributed by atoms with Gasteiger partial charge in [0, 0.05) is 18.7 Å². The van der Waals surface area contributed by atoms with Crippen molar-refractivity contribution < 1.29 is 4.52 Å². The van der Waals surface area contributed by atoms with Crippen LogP contribution in [-0.4, -0.2) is 53.7 Å². The Bertz CT molecular complexity index is 654. The molecule has 2 bridgehead atoms. The molecule has 2 aromatic rings. The maximum absolute atomic E-state index is 5.62. The first-order chi connectivity index (χ1) is 10.6. The zero-order chi connectivity index (χ0) is 15.2. The van der Waals surface area contributed by atoms with Crippen LogP contribution in [0.2, 0.25) is 0 Å². The Morgan fingerprint density at radius 3 is 2.50 bits per heavy atom. The fraction of sp³-hybridized carbons (Fsp3) is 0.529. The van der Waals surface area contributed by atoms with Crippen LogP contribution in [-0.2, 0) is 12.0 Å². The van der Waals surface area contributed by atoms with Crippen molar-refractivity contribution in [1.29, 1.82) is 0 Å². The highest BCUT2D eigenvalue weighted by Gasteiger charge is 2.48. The van der Waals surface area contributed by atoms with Crippen molar-refractivity contribution in [3.63, 3.8) is 0 Å². The number of rotatable bonds is 4. The van der Waals surface area contributed by atoms with Crippen molar-refractivity contribution in [3.8, 4) is 11.4 Å². The van der Waals surface area contributed by atoms with Crippen LogP contribution in [0.3, 0.4) is 0 Å². The SMILES string of the molecule is CN(C)Cc1ccc(-c2noc(C34CCN(CC3)C4)n2)cc1. The van der Waals surface area contributed by atoms with E-state index in [0.29, 0.717) is 5.82 Å². The second kappa shape index (κ2) is 5.18. The third-order valence-corrected chi connectivity index (χ3v) is 4.93. The molecule has 0 amide bonds. The fourth-order valence-electron chi connectivity index (χ4n) is 3.69. The van der Waals surface area contributed by atoms with E-state index in [1.165, 1.54) is 5.56 Å². The molecule has 2 saturated heterocycles. The summed E-state index contributed by atoms with van der Waals surface area (Å²) in [4.78, 5) is 9.35. The largest absolute Gasteiger partial charge is 0.338 e. The van der Waals surface area contributed by atoms with Crippen molar-refractivity contribution in [2.45, 2.75) is 24.8 Å². The Morgan fingerprint density at radius 1 is 1.18 bits per heavy atom. The molecule has 4 rings (SSSR count). The van der Waals surface area contributed by atoms with E-state index < -0.39 is 0 Å². The molecule has 2 aliphatic heterocycles. The average Bonchev–Trinajstić information content (AvgIpc) is 3.23. The van der Waals surface area contributed by atoms with E-state index in [1.54, 1.807) is 0 Å². The first-order valence-electron chi connectivity index (χ1n) is 7.95. The Labute approximate surface area is 130 Å². The number of hydrogen-bond acceptors (Lipinski definition) is 5. The summed E-state index contributed by atoms with van der Waals surface area (Å²) in [5.74, 6) is 1.55. The highest BCUT2D eigenvalue weighted by atomic mass is 16.5. The molecule has 5 nitrogen and oxygen atoms in total. The van der Waals surface area contributed by atoms with E-state index in [4.69, 9.17) is 9.51 Å². The van der Waals surface area contributed by atoms with Crippen LogP contribution in [0.1, 0.15) is 24.3 Å². The highest BCUT2D eigenvalue weighted by molar-refractivity contribution is 5.54. The molecule has 0 saturated carbocycles. The van der Waals surface area contributed by atoms with Gasteiger partial charge in [-0.15, -0.1) is 0 Å². The van der Waals surface area contributed by atoms with Gasteiger partial charge in [-0.3, -0.25) is 0 Å². The van der Waals surface area contributed by atoms with Crippen molar-refractivity contribution in [1.82, 2.24) is 19.9 Å². The van der Waals surface area contributed by atoms with Crippen LogP contribution < -0.4 is 0 Å². The maximum atomic E-state index is 5.62. The standard InChI is InChI=1S/C17H22N4O/c1-20(2)11-13-3-5-14(6-4-13)15-18-16(22-19-15)17-7-9-21(12-17)10-8-17/h3-6H,7-12H2,1-2H3. The monoisotopic (exact) mass is 298 g/mol.